The molecule has 1 fully saturated rings. The third-order valence-corrected chi connectivity index (χ3v) is 3.77. The van der Waals surface area contributed by atoms with E-state index >= 15 is 0 Å². The summed E-state index contributed by atoms with van der Waals surface area (Å²) in [5, 5.41) is 3.65. The molecule has 1 saturated carbocycles. The second-order valence-corrected chi connectivity index (χ2v) is 5.36. The van der Waals surface area contributed by atoms with Crippen LogP contribution >= 0.6 is 0 Å². The maximum atomic E-state index is 5.68. The molecule has 1 aromatic rings. The minimum absolute atomic E-state index is 0.602. The zero-order valence-corrected chi connectivity index (χ0v) is 12.8. The average molecular weight is 277 g/mol. The number of hydrogen-bond donors (Lipinski definition) is 1. The van der Waals surface area contributed by atoms with Gasteiger partial charge in [-0.15, -0.1) is 0 Å². The first kappa shape index (κ1) is 15.0. The van der Waals surface area contributed by atoms with Gasteiger partial charge in [-0.3, -0.25) is 0 Å². The minimum Gasteiger partial charge on any atom is -0.490 e. The normalized spacial score (nSPS) is 16.5. The van der Waals surface area contributed by atoms with E-state index in [0.29, 0.717) is 19.3 Å². The molecule has 0 spiro atoms. The van der Waals surface area contributed by atoms with E-state index in [0.717, 1.165) is 17.2 Å². The summed E-state index contributed by atoms with van der Waals surface area (Å²) in [5.41, 5.74) is 1.14. The highest BCUT2D eigenvalue weighted by Gasteiger charge is 2.13. The van der Waals surface area contributed by atoms with Crippen LogP contribution in [-0.2, 0) is 0 Å². The van der Waals surface area contributed by atoms with Crippen LogP contribution < -0.4 is 14.8 Å². The topological polar surface area (TPSA) is 30.5 Å². The van der Waals surface area contributed by atoms with Crippen molar-refractivity contribution in [2.45, 2.75) is 58.4 Å². The quantitative estimate of drug-likeness (QED) is 0.770. The molecule has 1 aromatic carbocycles. The Morgan fingerprint density at radius 1 is 0.950 bits per heavy atom. The van der Waals surface area contributed by atoms with Crippen molar-refractivity contribution in [1.29, 1.82) is 0 Å². The van der Waals surface area contributed by atoms with E-state index in [-0.39, 0.29) is 0 Å². The summed E-state index contributed by atoms with van der Waals surface area (Å²) >= 11 is 0. The Bertz CT molecular complexity index is 398. The number of anilines is 1. The molecule has 1 aliphatic carbocycles. The Kier molecular flexibility index (Phi) is 6.03. The fraction of sp³-hybridized carbons (Fsp3) is 0.647. The Hall–Kier alpha value is -1.38. The number of hydrogen-bond acceptors (Lipinski definition) is 3. The van der Waals surface area contributed by atoms with Gasteiger partial charge in [-0.05, 0) is 38.8 Å². The number of benzene rings is 1. The zero-order chi connectivity index (χ0) is 14.2. The predicted octanol–water partition coefficient (Wildman–Crippen LogP) is 4.62. The molecule has 0 bridgehead atoms. The van der Waals surface area contributed by atoms with Gasteiger partial charge in [0.1, 0.15) is 0 Å². The van der Waals surface area contributed by atoms with Gasteiger partial charge in [-0.1, -0.05) is 25.7 Å². The summed E-state index contributed by atoms with van der Waals surface area (Å²) in [7, 11) is 0. The van der Waals surface area contributed by atoms with Crippen molar-refractivity contribution in [1.82, 2.24) is 0 Å². The fourth-order valence-electron chi connectivity index (χ4n) is 2.80. The molecule has 3 heteroatoms. The smallest absolute Gasteiger partial charge is 0.163 e. The van der Waals surface area contributed by atoms with Crippen LogP contribution in [0.15, 0.2) is 18.2 Å². The first-order valence-electron chi connectivity index (χ1n) is 7.99. The molecule has 0 unspecified atom stereocenters. The minimum atomic E-state index is 0.602. The summed E-state index contributed by atoms with van der Waals surface area (Å²) in [6, 6.07) is 6.77. The molecule has 1 aliphatic rings. The highest BCUT2D eigenvalue weighted by Crippen LogP contribution is 2.31. The molecule has 0 amide bonds. The Morgan fingerprint density at radius 3 is 2.25 bits per heavy atom. The highest BCUT2D eigenvalue weighted by molar-refractivity contribution is 5.55. The molecule has 0 radical (unpaired) electrons. The monoisotopic (exact) mass is 277 g/mol. The second-order valence-electron chi connectivity index (χ2n) is 5.36. The molecule has 2 rings (SSSR count). The van der Waals surface area contributed by atoms with Crippen LogP contribution in [0.25, 0.3) is 0 Å². The van der Waals surface area contributed by atoms with E-state index < -0.39 is 0 Å². The van der Waals surface area contributed by atoms with E-state index in [4.69, 9.17) is 9.47 Å². The Morgan fingerprint density at radius 2 is 1.60 bits per heavy atom. The van der Waals surface area contributed by atoms with Crippen LogP contribution in [0.2, 0.25) is 0 Å². The van der Waals surface area contributed by atoms with Crippen molar-refractivity contribution in [3.8, 4) is 11.5 Å². The van der Waals surface area contributed by atoms with Gasteiger partial charge in [0.2, 0.25) is 0 Å². The lowest BCUT2D eigenvalue weighted by Gasteiger charge is -2.19. The SMILES string of the molecule is CCOc1ccc(NC2CCCCCC2)cc1OCC. The van der Waals surface area contributed by atoms with Crippen LogP contribution in [-0.4, -0.2) is 19.3 Å². The molecule has 3 nitrogen and oxygen atoms in total. The van der Waals surface area contributed by atoms with Gasteiger partial charge in [0.05, 0.1) is 13.2 Å². The van der Waals surface area contributed by atoms with Crippen LogP contribution in [0.3, 0.4) is 0 Å². The second kappa shape index (κ2) is 8.03. The van der Waals surface area contributed by atoms with Crippen molar-refractivity contribution in [2.24, 2.45) is 0 Å². The standard InChI is InChI=1S/C17H27NO2/c1-3-19-16-12-11-15(13-17(16)20-4-2)18-14-9-7-5-6-8-10-14/h11-14,18H,3-10H2,1-2H3. The van der Waals surface area contributed by atoms with Crippen molar-refractivity contribution < 1.29 is 9.47 Å². The molecule has 0 aliphatic heterocycles. The molecule has 0 aromatic heterocycles. The van der Waals surface area contributed by atoms with Crippen molar-refractivity contribution in [3.63, 3.8) is 0 Å². The maximum absolute atomic E-state index is 5.68. The zero-order valence-electron chi connectivity index (χ0n) is 12.8. The van der Waals surface area contributed by atoms with E-state index in [9.17, 15) is 0 Å². The average Bonchev–Trinajstić information content (AvgIpc) is 2.71. The Balaban J connectivity index is 2.05. The van der Waals surface area contributed by atoms with Gasteiger partial charge in [0.25, 0.3) is 0 Å². The van der Waals surface area contributed by atoms with E-state index in [1.165, 1.54) is 38.5 Å². The molecular formula is C17H27NO2. The Labute approximate surface area is 122 Å². The summed E-state index contributed by atoms with van der Waals surface area (Å²) < 4.78 is 11.3. The molecule has 0 atom stereocenters. The lowest BCUT2D eigenvalue weighted by molar-refractivity contribution is 0.288. The number of ether oxygens (including phenoxy) is 2. The third-order valence-electron chi connectivity index (χ3n) is 3.77. The van der Waals surface area contributed by atoms with Crippen molar-refractivity contribution in [2.75, 3.05) is 18.5 Å². The number of nitrogens with one attached hydrogen (secondary N) is 1. The summed E-state index contributed by atoms with van der Waals surface area (Å²) in [6.45, 7) is 5.32. The first-order chi connectivity index (χ1) is 9.83. The largest absolute Gasteiger partial charge is 0.490 e. The van der Waals surface area contributed by atoms with E-state index in [1.54, 1.807) is 0 Å². The lowest BCUT2D eigenvalue weighted by atomic mass is 10.1. The van der Waals surface area contributed by atoms with Crippen LogP contribution in [0.4, 0.5) is 5.69 Å². The molecule has 20 heavy (non-hydrogen) atoms. The highest BCUT2D eigenvalue weighted by atomic mass is 16.5. The molecule has 0 saturated heterocycles. The van der Waals surface area contributed by atoms with Crippen molar-refractivity contribution in [3.05, 3.63) is 18.2 Å². The van der Waals surface area contributed by atoms with E-state index in [1.807, 2.05) is 19.9 Å². The van der Waals surface area contributed by atoms with Crippen LogP contribution in [0.1, 0.15) is 52.4 Å². The summed E-state index contributed by atoms with van der Waals surface area (Å²) in [5.74, 6) is 1.67. The van der Waals surface area contributed by atoms with Crippen LogP contribution in [0, 0.1) is 0 Å². The molecule has 0 heterocycles. The molecule has 1 N–H and O–H groups in total. The first-order valence-corrected chi connectivity index (χ1v) is 7.99. The van der Waals surface area contributed by atoms with Crippen molar-refractivity contribution >= 4 is 5.69 Å². The molecular weight excluding hydrogens is 250 g/mol. The lowest BCUT2D eigenvalue weighted by Crippen LogP contribution is -2.18. The predicted molar refractivity (Wildman–Crippen MR) is 83.9 cm³/mol. The van der Waals surface area contributed by atoms with Gasteiger partial charge in [-0.2, -0.15) is 0 Å². The fourth-order valence-corrected chi connectivity index (χ4v) is 2.80. The third kappa shape index (κ3) is 4.32. The van der Waals surface area contributed by atoms with Gasteiger partial charge in [-0.25, -0.2) is 0 Å². The van der Waals surface area contributed by atoms with Gasteiger partial charge < -0.3 is 14.8 Å². The molecule has 112 valence electrons. The van der Waals surface area contributed by atoms with Crippen LogP contribution in [0.5, 0.6) is 11.5 Å². The van der Waals surface area contributed by atoms with Gasteiger partial charge in [0, 0.05) is 17.8 Å². The summed E-state index contributed by atoms with van der Waals surface area (Å²) in [4.78, 5) is 0. The van der Waals surface area contributed by atoms with Gasteiger partial charge in [0.15, 0.2) is 11.5 Å². The summed E-state index contributed by atoms with van der Waals surface area (Å²) in [6.07, 6.45) is 7.99. The number of rotatable bonds is 6. The maximum Gasteiger partial charge on any atom is 0.163 e. The van der Waals surface area contributed by atoms with E-state index in [2.05, 4.69) is 17.4 Å². The van der Waals surface area contributed by atoms with Gasteiger partial charge >= 0.3 is 0 Å².